The lowest BCUT2D eigenvalue weighted by atomic mass is 10.5. The largest absolute Gasteiger partial charge is 0.298 e. The molecule has 0 aromatic heterocycles. The van der Waals surface area contributed by atoms with Gasteiger partial charge in [-0.25, -0.2) is 8.78 Å². The van der Waals surface area contributed by atoms with Crippen LogP contribution in [0.3, 0.4) is 0 Å². The average molecular weight is 178 g/mol. The number of rotatable bonds is 4. The number of alkyl halides is 2. The number of hydrogen-bond donors (Lipinski definition) is 0. The molecule has 0 saturated heterocycles. The molecule has 0 spiro atoms. The van der Waals surface area contributed by atoms with E-state index in [1.807, 2.05) is 0 Å². The van der Waals surface area contributed by atoms with Crippen LogP contribution < -0.4 is 0 Å². The molecule has 7 heteroatoms. The van der Waals surface area contributed by atoms with E-state index in [0.29, 0.717) is 0 Å². The maximum atomic E-state index is 11.3. The molecule has 0 aliphatic carbocycles. The van der Waals surface area contributed by atoms with Gasteiger partial charge in [0.25, 0.3) is 10.1 Å². The Bertz CT molecular complexity index is 175. The second kappa shape index (κ2) is 3.77. The van der Waals surface area contributed by atoms with Gasteiger partial charge in [0.2, 0.25) is 6.43 Å². The van der Waals surface area contributed by atoms with Crippen molar-refractivity contribution < 1.29 is 26.1 Å². The average Bonchev–Trinajstić information content (AvgIpc) is 1.85. The molecule has 0 atom stereocenters. The van der Waals surface area contributed by atoms with E-state index in [1.54, 1.807) is 0 Å². The van der Waals surface area contributed by atoms with Crippen LogP contribution in [0.25, 0.3) is 0 Å². The van der Waals surface area contributed by atoms with Crippen LogP contribution in [0.15, 0.2) is 0 Å². The van der Waals surface area contributed by atoms with Crippen molar-refractivity contribution in [3.05, 3.63) is 0 Å². The summed E-state index contributed by atoms with van der Waals surface area (Å²) in [6, 6.07) is 0. The maximum absolute atomic E-state index is 11.3. The Labute approximate surface area is 55.8 Å². The van der Waals surface area contributed by atoms with Crippen molar-refractivity contribution in [3.63, 3.8) is 0 Å². The summed E-state index contributed by atoms with van der Waals surface area (Å²) in [4.78, 5) is 0. The van der Waals surface area contributed by atoms with Gasteiger partial charge < -0.3 is 0 Å². The minimum Gasteiger partial charge on any atom is -0.211 e. The fraction of sp³-hybridized carbons (Fsp3) is 1.00. The van der Waals surface area contributed by atoms with Gasteiger partial charge in [0.05, 0.1) is 5.75 Å². The van der Waals surface area contributed by atoms with Crippen molar-refractivity contribution in [1.29, 1.82) is 0 Å². The van der Waals surface area contributed by atoms with Crippen molar-refractivity contribution >= 4 is 10.1 Å². The molecule has 0 aliphatic rings. The maximum Gasteiger partial charge on any atom is 0.298 e. The highest BCUT2D eigenvalue weighted by atomic mass is 32.2. The lowest BCUT2D eigenvalue weighted by molar-refractivity contribution is 0.00212. The van der Waals surface area contributed by atoms with E-state index in [0.717, 1.165) is 0 Å². The predicted octanol–water partition coefficient (Wildman–Crippen LogP) is 0.873. The minimum atomic E-state index is -4.36. The smallest absolute Gasteiger partial charge is 0.211 e. The quantitative estimate of drug-likeness (QED) is 0.641. The van der Waals surface area contributed by atoms with Crippen molar-refractivity contribution in [2.24, 2.45) is 0 Å². The van der Waals surface area contributed by atoms with Gasteiger partial charge in [-0.3, -0.25) is 0 Å². The van der Waals surface area contributed by atoms with Gasteiger partial charge in [0.1, 0.15) is 0 Å². The van der Waals surface area contributed by atoms with Crippen LogP contribution in [0.1, 0.15) is 6.42 Å². The first-order chi connectivity index (χ1) is 4.48. The molecule has 0 fully saturated rings. The van der Waals surface area contributed by atoms with Crippen LogP contribution in [-0.4, -0.2) is 20.6 Å². The Morgan fingerprint density at radius 2 is 1.90 bits per heavy atom. The van der Waals surface area contributed by atoms with E-state index >= 15 is 0 Å². The predicted molar refractivity (Wildman–Crippen MR) is 26.6 cm³/mol. The lowest BCUT2D eigenvalue weighted by Gasteiger charge is -1.95. The van der Waals surface area contributed by atoms with E-state index < -0.39 is 28.7 Å². The van der Waals surface area contributed by atoms with Gasteiger partial charge in [0.15, 0.2) is 0 Å². The van der Waals surface area contributed by atoms with Crippen LogP contribution >= 0.6 is 0 Å². The van der Waals surface area contributed by atoms with Gasteiger partial charge in [0, 0.05) is 6.42 Å². The molecular formula is C3H5F3O3S. The Morgan fingerprint density at radius 1 is 1.40 bits per heavy atom. The molecule has 0 aromatic rings. The zero-order chi connectivity index (χ0) is 8.20. The third-order valence-corrected chi connectivity index (χ3v) is 1.61. The summed E-state index contributed by atoms with van der Waals surface area (Å²) in [5, 5.41) is 0. The monoisotopic (exact) mass is 178 g/mol. The highest BCUT2D eigenvalue weighted by molar-refractivity contribution is 7.86. The van der Waals surface area contributed by atoms with Gasteiger partial charge >= 0.3 is 0 Å². The molecule has 10 heavy (non-hydrogen) atoms. The van der Waals surface area contributed by atoms with E-state index in [9.17, 15) is 21.7 Å². The molecule has 0 aliphatic heterocycles. The summed E-state index contributed by atoms with van der Waals surface area (Å²) in [7, 11) is -4.36. The van der Waals surface area contributed by atoms with Crippen LogP contribution in [0.4, 0.5) is 13.3 Å². The first-order valence-electron chi connectivity index (χ1n) is 2.29. The Balaban J connectivity index is 3.70. The summed E-state index contributed by atoms with van der Waals surface area (Å²) in [6.07, 6.45) is -3.67. The van der Waals surface area contributed by atoms with Crippen LogP contribution in [0.2, 0.25) is 0 Å². The molecule has 0 aromatic carbocycles. The summed E-state index contributed by atoms with van der Waals surface area (Å²) >= 11 is 0. The summed E-state index contributed by atoms with van der Waals surface area (Å²) < 4.78 is 55.8. The first kappa shape index (κ1) is 9.70. The molecule has 0 bridgehead atoms. The normalized spacial score (nSPS) is 12.4. The summed E-state index contributed by atoms with van der Waals surface area (Å²) in [5.74, 6) is -0.999. The lowest BCUT2D eigenvalue weighted by Crippen LogP contribution is -2.08. The molecule has 3 nitrogen and oxygen atoms in total. The SMILES string of the molecule is O=S(=O)(CCC(F)F)OF. The van der Waals surface area contributed by atoms with Crippen LogP contribution in [0.5, 0.6) is 0 Å². The fourth-order valence-corrected chi connectivity index (χ4v) is 0.795. The van der Waals surface area contributed by atoms with Gasteiger partial charge in [-0.1, -0.05) is 4.39 Å². The molecular weight excluding hydrogens is 173 g/mol. The number of halogens is 3. The second-order valence-electron chi connectivity index (χ2n) is 1.50. The van der Waals surface area contributed by atoms with Crippen LogP contribution in [0, 0.1) is 0 Å². The van der Waals surface area contributed by atoms with Crippen molar-refractivity contribution in [2.45, 2.75) is 12.8 Å². The van der Waals surface area contributed by atoms with E-state index in [-0.39, 0.29) is 0 Å². The topological polar surface area (TPSA) is 43.4 Å². The zero-order valence-electron chi connectivity index (χ0n) is 4.76. The van der Waals surface area contributed by atoms with Crippen molar-refractivity contribution in [2.75, 3.05) is 5.75 Å². The first-order valence-corrected chi connectivity index (χ1v) is 3.87. The van der Waals surface area contributed by atoms with Gasteiger partial charge in [-0.15, -0.1) is 0 Å². The zero-order valence-corrected chi connectivity index (χ0v) is 5.57. The van der Waals surface area contributed by atoms with E-state index in [1.165, 1.54) is 0 Å². The van der Waals surface area contributed by atoms with E-state index in [4.69, 9.17) is 0 Å². The molecule has 0 unspecified atom stereocenters. The van der Waals surface area contributed by atoms with Gasteiger partial charge in [-0.2, -0.15) is 8.42 Å². The molecule has 0 N–H and O–H groups in total. The standard InChI is InChI=1S/C3H5F3O3S/c4-3(5)1-2-10(7,8)9-6/h3H,1-2H2. The minimum absolute atomic E-state index is 0.910. The number of hydrogen-bond acceptors (Lipinski definition) is 3. The molecule has 0 heterocycles. The Hall–Kier alpha value is -0.300. The Kier molecular flexibility index (Phi) is 3.66. The fourth-order valence-electron chi connectivity index (χ4n) is 0.265. The van der Waals surface area contributed by atoms with Crippen LogP contribution in [-0.2, 0) is 14.5 Å². The molecule has 0 rings (SSSR count). The molecule has 0 saturated carbocycles. The molecule has 62 valence electrons. The Morgan fingerprint density at radius 3 is 2.20 bits per heavy atom. The van der Waals surface area contributed by atoms with Crippen molar-refractivity contribution in [1.82, 2.24) is 0 Å². The third kappa shape index (κ3) is 4.57. The highest BCUT2D eigenvalue weighted by Crippen LogP contribution is 2.03. The van der Waals surface area contributed by atoms with Crippen molar-refractivity contribution in [3.8, 4) is 0 Å². The molecule has 0 amide bonds. The second-order valence-corrected chi connectivity index (χ2v) is 3.15. The highest BCUT2D eigenvalue weighted by Gasteiger charge is 2.14. The molecule has 0 radical (unpaired) electrons. The van der Waals surface area contributed by atoms with Gasteiger partial charge in [-0.05, 0) is 4.53 Å². The summed E-state index contributed by atoms with van der Waals surface area (Å²) in [5.41, 5.74) is 0. The van der Waals surface area contributed by atoms with E-state index in [2.05, 4.69) is 4.39 Å². The third-order valence-electron chi connectivity index (χ3n) is 0.682. The summed E-state index contributed by atoms with van der Waals surface area (Å²) in [6.45, 7) is 0.